The van der Waals surface area contributed by atoms with Gasteiger partial charge in [-0.1, -0.05) is 24.3 Å². The summed E-state index contributed by atoms with van der Waals surface area (Å²) in [6.45, 7) is 6.60. The Morgan fingerprint density at radius 1 is 0.662 bits per heavy atom. The van der Waals surface area contributed by atoms with E-state index in [0.717, 1.165) is 32.0 Å². The van der Waals surface area contributed by atoms with E-state index in [0.29, 0.717) is 70.0 Å². The number of aliphatic hydroxyl groups is 1. The van der Waals surface area contributed by atoms with E-state index in [1.165, 1.54) is 15.8 Å². The number of ether oxygens (including phenoxy) is 2. The molecule has 20 nitrogen and oxygen atoms in total. The first-order chi connectivity index (χ1) is 31.7. The number of aldehydes is 1. The van der Waals surface area contributed by atoms with Crippen molar-refractivity contribution in [3.8, 4) is 23.1 Å². The quantitative estimate of drug-likeness (QED) is 0.117. The molecule has 2 aliphatic heterocycles. The fourth-order valence-corrected chi connectivity index (χ4v) is 8.26. The van der Waals surface area contributed by atoms with E-state index >= 15 is 0 Å². The van der Waals surface area contributed by atoms with Gasteiger partial charge in [0.1, 0.15) is 17.9 Å². The fraction of sp³-hybridized carbons (Fsp3) is 0.304. The van der Waals surface area contributed by atoms with Crippen LogP contribution < -0.4 is 26.5 Å². The maximum atomic E-state index is 13.6. The third-order valence-electron chi connectivity index (χ3n) is 11.7. The van der Waals surface area contributed by atoms with Crippen LogP contribution in [0.2, 0.25) is 0 Å². The van der Waals surface area contributed by atoms with Crippen molar-refractivity contribution in [3.63, 3.8) is 0 Å². The molecule has 2 fully saturated rings. The number of likely N-dealkylation sites (tertiary alicyclic amines) is 2. The number of benzene rings is 2. The number of nitrogens with zero attached hydrogens (tertiary/aromatic N) is 14. The molecule has 1 unspecified atom stereocenters. The van der Waals surface area contributed by atoms with Crippen molar-refractivity contribution >= 4 is 52.4 Å². The van der Waals surface area contributed by atoms with Crippen LogP contribution in [0.3, 0.4) is 0 Å². The van der Waals surface area contributed by atoms with Gasteiger partial charge in [0.05, 0.1) is 84.6 Å². The molecule has 68 heavy (non-hydrogen) atoms. The fourth-order valence-electron chi connectivity index (χ4n) is 8.26. The standard InChI is InChI=1S/C23H25N7O3.C22H21N7O3.CH3.BrH.Mg/c1-15-7-8-17(33-22-21-25-13-20(16(2)31)28(21)12-11-24-22)14-29(15)23(32)18-5-3-4-6-19(18)30-26-9-10-27-30;1-15-6-7-17(32-21-20-24-12-16(14-30)27(20)11-10-23-21)13-28(15)22(31)18-4-2-3-5-19(18)29-25-8-9-26-29;;;/h3-6,9-13,15-17,31H,7-8,14H2,1-2H3;2-5,8-12,14-15,17H,6-7,13H2,1H3;1H3;1H;/q;;-1;;+2/p-1/t15-,16?,17-;15-,17-;;;/m11.../s1. The Balaban J connectivity index is 0.000000215. The second-order valence-electron chi connectivity index (χ2n) is 15.9. The maximum Gasteiger partial charge on any atom is 2.00 e. The monoisotopic (exact) mass is 996 g/mol. The molecule has 6 aromatic heterocycles. The average Bonchev–Trinajstić information content (AvgIpc) is 4.19. The molecule has 0 bridgehead atoms. The summed E-state index contributed by atoms with van der Waals surface area (Å²) in [4.78, 5) is 62.1. The number of halogens is 1. The third-order valence-corrected chi connectivity index (χ3v) is 11.7. The van der Waals surface area contributed by atoms with E-state index in [2.05, 4.69) is 40.3 Å². The van der Waals surface area contributed by atoms with Crippen molar-refractivity contribution in [1.82, 2.24) is 68.5 Å². The Morgan fingerprint density at radius 2 is 1.10 bits per heavy atom. The molecular formula is C46H49BrMgN14O6. The van der Waals surface area contributed by atoms with Crippen molar-refractivity contribution in [2.45, 2.75) is 76.9 Å². The number of hydrogen-bond acceptors (Lipinski definition) is 14. The summed E-state index contributed by atoms with van der Waals surface area (Å²) in [6, 6.07) is 14.7. The number of carbonyl (C=O) groups excluding carboxylic acids is 3. The predicted molar refractivity (Wildman–Crippen MR) is 245 cm³/mol. The molecule has 2 aromatic carbocycles. The minimum Gasteiger partial charge on any atom is -1.00 e. The van der Waals surface area contributed by atoms with Crippen LogP contribution in [0.1, 0.15) is 89.5 Å². The predicted octanol–water partition coefficient (Wildman–Crippen LogP) is 1.70. The number of aliphatic hydroxyl groups excluding tert-OH is 1. The average molecular weight is 998 g/mol. The molecule has 2 aliphatic rings. The summed E-state index contributed by atoms with van der Waals surface area (Å²) in [5.74, 6) is 0.534. The number of rotatable bonds is 10. The first-order valence-corrected chi connectivity index (χ1v) is 21.3. The first-order valence-electron chi connectivity index (χ1n) is 21.3. The molecule has 348 valence electrons. The largest absolute Gasteiger partial charge is 2.00 e. The van der Waals surface area contributed by atoms with Crippen molar-refractivity contribution in [2.24, 2.45) is 0 Å². The minimum atomic E-state index is -0.664. The molecule has 0 aliphatic carbocycles. The van der Waals surface area contributed by atoms with Gasteiger partial charge in [0.2, 0.25) is 11.3 Å². The minimum absolute atomic E-state index is 0. The first kappa shape index (κ1) is 50.8. The summed E-state index contributed by atoms with van der Waals surface area (Å²) >= 11 is 0. The van der Waals surface area contributed by atoms with Gasteiger partial charge in [0.15, 0.2) is 6.29 Å². The van der Waals surface area contributed by atoms with Gasteiger partial charge in [0.25, 0.3) is 23.6 Å². The van der Waals surface area contributed by atoms with Crippen LogP contribution in [0, 0.1) is 7.43 Å². The van der Waals surface area contributed by atoms with Crippen LogP contribution in [0.5, 0.6) is 11.8 Å². The van der Waals surface area contributed by atoms with Crippen LogP contribution in [0.25, 0.3) is 22.7 Å². The van der Waals surface area contributed by atoms with Gasteiger partial charge in [0, 0.05) is 36.9 Å². The van der Waals surface area contributed by atoms with Gasteiger partial charge in [-0.25, -0.2) is 19.9 Å². The van der Waals surface area contributed by atoms with Gasteiger partial charge in [-0.05, 0) is 70.7 Å². The zero-order valence-corrected chi connectivity index (χ0v) is 40.9. The van der Waals surface area contributed by atoms with Gasteiger partial charge < -0.3 is 48.8 Å². The van der Waals surface area contributed by atoms with Crippen LogP contribution in [0.4, 0.5) is 0 Å². The second-order valence-corrected chi connectivity index (χ2v) is 15.9. The number of carbonyl (C=O) groups is 3. The molecule has 0 saturated carbocycles. The number of fused-ring (bicyclic) bond motifs is 2. The van der Waals surface area contributed by atoms with Crippen LogP contribution in [-0.2, 0) is 0 Å². The Hall–Kier alpha value is -6.62. The number of para-hydroxylation sites is 2. The summed E-state index contributed by atoms with van der Waals surface area (Å²) in [5, 5.41) is 26.7. The second kappa shape index (κ2) is 22.4. The van der Waals surface area contributed by atoms with Gasteiger partial charge in [-0.15, -0.1) is 0 Å². The van der Waals surface area contributed by atoms with Crippen LogP contribution in [-0.4, -0.2) is 152 Å². The zero-order chi connectivity index (χ0) is 45.0. The van der Waals surface area contributed by atoms with Crippen LogP contribution >= 0.6 is 0 Å². The number of imidazole rings is 2. The van der Waals surface area contributed by atoms with Crippen molar-refractivity contribution < 1.29 is 45.9 Å². The molecule has 10 rings (SSSR count). The van der Waals surface area contributed by atoms with E-state index in [4.69, 9.17) is 9.47 Å². The summed E-state index contributed by atoms with van der Waals surface area (Å²) in [5.41, 5.74) is 4.43. The van der Waals surface area contributed by atoms with Gasteiger partial charge >= 0.3 is 23.1 Å². The molecule has 0 radical (unpaired) electrons. The Labute approximate surface area is 418 Å². The molecular weight excluding hydrogens is 949 g/mol. The molecule has 5 atom stereocenters. The molecule has 8 aromatic rings. The van der Waals surface area contributed by atoms with E-state index in [1.807, 2.05) is 60.0 Å². The topological polar surface area (TPSA) is 218 Å². The Kier molecular flexibility index (Phi) is 16.8. The van der Waals surface area contributed by atoms with Crippen molar-refractivity contribution in [1.29, 1.82) is 0 Å². The third kappa shape index (κ3) is 10.4. The Bertz CT molecular complexity index is 2950. The number of aromatic nitrogens is 12. The number of hydrogen-bond donors (Lipinski definition) is 1. The zero-order valence-electron chi connectivity index (χ0n) is 37.9. The molecule has 2 saturated heterocycles. The van der Waals surface area contributed by atoms with Gasteiger partial charge in [-0.2, -0.15) is 30.0 Å². The summed E-state index contributed by atoms with van der Waals surface area (Å²) in [7, 11) is 0. The molecule has 0 spiro atoms. The molecule has 1 N–H and O–H groups in total. The smallest absolute Gasteiger partial charge is 1.00 e. The van der Waals surface area contributed by atoms with E-state index in [9.17, 15) is 19.5 Å². The summed E-state index contributed by atoms with van der Waals surface area (Å²) in [6.07, 6.45) is 18.8. The summed E-state index contributed by atoms with van der Waals surface area (Å²) < 4.78 is 15.8. The van der Waals surface area contributed by atoms with Crippen molar-refractivity contribution in [3.05, 3.63) is 140 Å². The van der Waals surface area contributed by atoms with E-state index < -0.39 is 6.10 Å². The van der Waals surface area contributed by atoms with Gasteiger partial charge in [-0.3, -0.25) is 23.2 Å². The number of amides is 2. The Morgan fingerprint density at radius 3 is 1.57 bits per heavy atom. The van der Waals surface area contributed by atoms with E-state index in [1.54, 1.807) is 83.6 Å². The van der Waals surface area contributed by atoms with Crippen LogP contribution in [0.15, 0.2) is 110 Å². The molecule has 8 heterocycles. The molecule has 22 heteroatoms. The molecule has 2 amide bonds. The maximum absolute atomic E-state index is 13.6. The SMILES string of the molecule is CC(O)c1cnc2c(O[C@@H]3CC[C@@H](C)N(C(=O)c4ccccc4-n4nccn4)C3)nccn12.C[C@@H]1CC[C@@H](Oc2nccn3c(C=O)cnc23)CN1C(=O)c1ccccc1-n1nccn1.[Br-].[CH3-].[Mg+2]. The number of piperidine rings is 2. The van der Waals surface area contributed by atoms with Crippen molar-refractivity contribution in [2.75, 3.05) is 13.1 Å². The normalized spacial score (nSPS) is 18.2. The van der Waals surface area contributed by atoms with E-state index in [-0.39, 0.29) is 83.6 Å².